The number of alkyl halides is 2. The van der Waals surface area contributed by atoms with E-state index in [1.165, 1.54) is 12.1 Å². The fourth-order valence-corrected chi connectivity index (χ4v) is 2.26. The lowest BCUT2D eigenvalue weighted by molar-refractivity contribution is 0.150. The standard InChI is InChI=1S/C17H18F2O/c1-2-5-12-6-3-7-13(10-12)16(20)14-8-4-9-15(11-14)17(18)19/h3-4,6-11,16-17,20H,2,5H2,1H3. The molecule has 2 aromatic carbocycles. The van der Waals surface area contributed by atoms with Gasteiger partial charge in [-0.1, -0.05) is 55.8 Å². The van der Waals surface area contributed by atoms with Gasteiger partial charge in [0.15, 0.2) is 0 Å². The van der Waals surface area contributed by atoms with Crippen molar-refractivity contribution in [2.75, 3.05) is 0 Å². The highest BCUT2D eigenvalue weighted by Crippen LogP contribution is 2.27. The molecule has 1 N–H and O–H groups in total. The van der Waals surface area contributed by atoms with E-state index in [0.717, 1.165) is 24.0 Å². The predicted octanol–water partition coefficient (Wildman–Crippen LogP) is 4.66. The monoisotopic (exact) mass is 276 g/mol. The molecule has 0 heterocycles. The minimum atomic E-state index is -2.52. The molecule has 0 aliphatic carbocycles. The molecule has 2 aromatic rings. The molecule has 0 spiro atoms. The maximum atomic E-state index is 12.7. The molecule has 0 saturated heterocycles. The number of aliphatic hydroxyl groups excluding tert-OH is 1. The maximum Gasteiger partial charge on any atom is 0.263 e. The van der Waals surface area contributed by atoms with E-state index in [4.69, 9.17) is 0 Å². The molecule has 0 amide bonds. The largest absolute Gasteiger partial charge is 0.384 e. The molecule has 0 aliphatic heterocycles. The van der Waals surface area contributed by atoms with Crippen LogP contribution in [0.4, 0.5) is 8.78 Å². The summed E-state index contributed by atoms with van der Waals surface area (Å²) in [6.45, 7) is 2.09. The van der Waals surface area contributed by atoms with Crippen molar-refractivity contribution in [2.45, 2.75) is 32.3 Å². The lowest BCUT2D eigenvalue weighted by atomic mass is 9.97. The van der Waals surface area contributed by atoms with Gasteiger partial charge in [0.05, 0.1) is 0 Å². The van der Waals surface area contributed by atoms with E-state index in [1.807, 2.05) is 24.3 Å². The van der Waals surface area contributed by atoms with Crippen LogP contribution in [0, 0.1) is 0 Å². The summed E-state index contributed by atoms with van der Waals surface area (Å²) in [5.41, 5.74) is 2.32. The van der Waals surface area contributed by atoms with Crippen LogP contribution in [-0.4, -0.2) is 5.11 Å². The van der Waals surface area contributed by atoms with Crippen LogP contribution in [-0.2, 0) is 6.42 Å². The second-order valence-corrected chi connectivity index (χ2v) is 4.87. The van der Waals surface area contributed by atoms with E-state index in [2.05, 4.69) is 6.92 Å². The molecule has 3 heteroatoms. The molecule has 0 aliphatic rings. The van der Waals surface area contributed by atoms with Gasteiger partial charge < -0.3 is 5.11 Å². The summed E-state index contributed by atoms with van der Waals surface area (Å²) >= 11 is 0. The van der Waals surface area contributed by atoms with Crippen LogP contribution < -0.4 is 0 Å². The molecular formula is C17H18F2O. The lowest BCUT2D eigenvalue weighted by Crippen LogP contribution is -2.01. The number of hydrogen-bond acceptors (Lipinski definition) is 1. The number of aryl methyl sites for hydroxylation is 1. The minimum Gasteiger partial charge on any atom is -0.384 e. The van der Waals surface area contributed by atoms with Crippen molar-refractivity contribution in [3.63, 3.8) is 0 Å². The van der Waals surface area contributed by atoms with Gasteiger partial charge in [-0.25, -0.2) is 8.78 Å². The smallest absolute Gasteiger partial charge is 0.263 e. The van der Waals surface area contributed by atoms with E-state index in [0.29, 0.717) is 5.56 Å². The number of aliphatic hydroxyl groups is 1. The Morgan fingerprint density at radius 2 is 1.55 bits per heavy atom. The van der Waals surface area contributed by atoms with Gasteiger partial charge in [-0.05, 0) is 29.2 Å². The topological polar surface area (TPSA) is 20.2 Å². The van der Waals surface area contributed by atoms with Gasteiger partial charge in [0, 0.05) is 5.56 Å². The molecule has 0 bridgehead atoms. The molecule has 1 nitrogen and oxygen atoms in total. The van der Waals surface area contributed by atoms with Gasteiger partial charge >= 0.3 is 0 Å². The van der Waals surface area contributed by atoms with E-state index in [9.17, 15) is 13.9 Å². The summed E-state index contributed by atoms with van der Waals surface area (Å²) in [6.07, 6.45) is -1.42. The number of benzene rings is 2. The lowest BCUT2D eigenvalue weighted by Gasteiger charge is -2.14. The van der Waals surface area contributed by atoms with Gasteiger partial charge in [-0.3, -0.25) is 0 Å². The van der Waals surface area contributed by atoms with Crippen molar-refractivity contribution >= 4 is 0 Å². The van der Waals surface area contributed by atoms with Crippen LogP contribution in [0.2, 0.25) is 0 Å². The Kier molecular flexibility index (Phi) is 4.85. The van der Waals surface area contributed by atoms with Crippen LogP contribution in [0.1, 0.15) is 48.1 Å². The summed E-state index contributed by atoms with van der Waals surface area (Å²) in [4.78, 5) is 0. The first kappa shape index (κ1) is 14.7. The molecule has 0 radical (unpaired) electrons. The molecule has 0 aromatic heterocycles. The highest BCUT2D eigenvalue weighted by Gasteiger charge is 2.14. The Bertz CT molecular complexity index is 566. The van der Waals surface area contributed by atoms with Crippen molar-refractivity contribution < 1.29 is 13.9 Å². The SMILES string of the molecule is CCCc1cccc(C(O)c2cccc(C(F)F)c2)c1. The first-order valence-corrected chi connectivity index (χ1v) is 6.76. The first-order valence-electron chi connectivity index (χ1n) is 6.76. The number of rotatable bonds is 5. The van der Waals surface area contributed by atoms with Gasteiger partial charge in [-0.15, -0.1) is 0 Å². The zero-order valence-corrected chi connectivity index (χ0v) is 11.4. The molecule has 0 fully saturated rings. The van der Waals surface area contributed by atoms with Crippen LogP contribution >= 0.6 is 0 Å². The molecule has 0 saturated carbocycles. The highest BCUT2D eigenvalue weighted by atomic mass is 19.3. The Hall–Kier alpha value is -1.74. The summed E-state index contributed by atoms with van der Waals surface area (Å²) in [6, 6.07) is 13.6. The summed E-state index contributed by atoms with van der Waals surface area (Å²) < 4.78 is 25.4. The maximum absolute atomic E-state index is 12.7. The van der Waals surface area contributed by atoms with Crippen LogP contribution in [0.3, 0.4) is 0 Å². The average molecular weight is 276 g/mol. The van der Waals surface area contributed by atoms with Crippen LogP contribution in [0.25, 0.3) is 0 Å². The zero-order valence-electron chi connectivity index (χ0n) is 11.4. The van der Waals surface area contributed by atoms with Crippen LogP contribution in [0.15, 0.2) is 48.5 Å². The van der Waals surface area contributed by atoms with Gasteiger partial charge in [-0.2, -0.15) is 0 Å². The molecule has 106 valence electrons. The fraction of sp³-hybridized carbons (Fsp3) is 0.294. The minimum absolute atomic E-state index is 0.0636. The molecule has 2 rings (SSSR count). The Balaban J connectivity index is 2.28. The first-order chi connectivity index (χ1) is 9.61. The van der Waals surface area contributed by atoms with Crippen molar-refractivity contribution in [2.24, 2.45) is 0 Å². The molecule has 1 atom stereocenters. The normalized spacial score (nSPS) is 12.7. The summed E-state index contributed by atoms with van der Waals surface area (Å²) in [7, 11) is 0. The van der Waals surface area contributed by atoms with E-state index >= 15 is 0 Å². The Morgan fingerprint density at radius 3 is 2.20 bits per heavy atom. The number of halogens is 2. The molecule has 20 heavy (non-hydrogen) atoms. The second-order valence-electron chi connectivity index (χ2n) is 4.87. The molecular weight excluding hydrogens is 258 g/mol. The predicted molar refractivity (Wildman–Crippen MR) is 75.9 cm³/mol. The second kappa shape index (κ2) is 6.62. The third-order valence-electron chi connectivity index (χ3n) is 3.28. The van der Waals surface area contributed by atoms with E-state index in [1.54, 1.807) is 12.1 Å². The van der Waals surface area contributed by atoms with Crippen molar-refractivity contribution in [3.8, 4) is 0 Å². The van der Waals surface area contributed by atoms with Gasteiger partial charge in [0.2, 0.25) is 0 Å². The summed E-state index contributed by atoms with van der Waals surface area (Å²) in [5, 5.41) is 10.3. The Morgan fingerprint density at radius 1 is 0.950 bits per heavy atom. The Labute approximate surface area is 117 Å². The van der Waals surface area contributed by atoms with Crippen molar-refractivity contribution in [3.05, 3.63) is 70.8 Å². The highest BCUT2D eigenvalue weighted by molar-refractivity contribution is 5.35. The third-order valence-corrected chi connectivity index (χ3v) is 3.28. The van der Waals surface area contributed by atoms with E-state index in [-0.39, 0.29) is 5.56 Å². The zero-order chi connectivity index (χ0) is 14.5. The average Bonchev–Trinajstić information content (AvgIpc) is 2.47. The van der Waals surface area contributed by atoms with Crippen molar-refractivity contribution in [1.82, 2.24) is 0 Å². The quantitative estimate of drug-likeness (QED) is 0.842. The molecule has 1 unspecified atom stereocenters. The summed E-state index contributed by atoms with van der Waals surface area (Å²) in [5.74, 6) is 0. The van der Waals surface area contributed by atoms with Gasteiger partial charge in [0.25, 0.3) is 6.43 Å². The van der Waals surface area contributed by atoms with Crippen molar-refractivity contribution in [1.29, 1.82) is 0 Å². The van der Waals surface area contributed by atoms with Gasteiger partial charge in [0.1, 0.15) is 6.10 Å². The number of hydrogen-bond donors (Lipinski definition) is 1. The van der Waals surface area contributed by atoms with E-state index < -0.39 is 12.5 Å². The fourth-order valence-electron chi connectivity index (χ4n) is 2.26. The third kappa shape index (κ3) is 3.42. The van der Waals surface area contributed by atoms with Crippen LogP contribution in [0.5, 0.6) is 0 Å².